The average Bonchev–Trinajstić information content (AvgIpc) is 3.15. The van der Waals surface area contributed by atoms with Gasteiger partial charge in [-0.1, -0.05) is 12.1 Å². The third kappa shape index (κ3) is 3.03. The average molecular weight is 335 g/mol. The summed E-state index contributed by atoms with van der Waals surface area (Å²) in [6.45, 7) is 2.43. The molecule has 0 saturated heterocycles. The summed E-state index contributed by atoms with van der Waals surface area (Å²) >= 11 is 0. The molecule has 7 nitrogen and oxygen atoms in total. The van der Waals surface area contributed by atoms with E-state index in [1.165, 1.54) is 0 Å². The Morgan fingerprint density at radius 2 is 2.08 bits per heavy atom. The highest BCUT2D eigenvalue weighted by Crippen LogP contribution is 2.28. The van der Waals surface area contributed by atoms with E-state index in [0.717, 1.165) is 22.4 Å². The molecule has 0 unspecified atom stereocenters. The molecule has 0 spiro atoms. The number of nitrogens with one attached hydrogen (secondary N) is 1. The van der Waals surface area contributed by atoms with Crippen LogP contribution in [-0.2, 0) is 13.6 Å². The van der Waals surface area contributed by atoms with E-state index in [0.29, 0.717) is 24.2 Å². The molecule has 25 heavy (non-hydrogen) atoms. The van der Waals surface area contributed by atoms with E-state index in [9.17, 15) is 0 Å². The second-order valence-electron chi connectivity index (χ2n) is 5.62. The van der Waals surface area contributed by atoms with E-state index in [1.807, 2.05) is 50.4 Å². The number of para-hydroxylation sites is 2. The van der Waals surface area contributed by atoms with Crippen molar-refractivity contribution in [1.82, 2.24) is 19.7 Å². The molecule has 0 aliphatic carbocycles. The van der Waals surface area contributed by atoms with Gasteiger partial charge in [0, 0.05) is 13.2 Å². The minimum atomic E-state index is 0.469. The molecule has 0 amide bonds. The van der Waals surface area contributed by atoms with Crippen molar-refractivity contribution in [3.63, 3.8) is 0 Å². The van der Waals surface area contributed by atoms with E-state index in [4.69, 9.17) is 9.15 Å². The van der Waals surface area contributed by atoms with Crippen molar-refractivity contribution in [3.8, 4) is 11.6 Å². The number of ether oxygens (including phenoxy) is 1. The van der Waals surface area contributed by atoms with Crippen LogP contribution >= 0.6 is 0 Å². The lowest BCUT2D eigenvalue weighted by atomic mass is 10.2. The first kappa shape index (κ1) is 15.2. The topological polar surface area (TPSA) is 78.0 Å². The predicted molar refractivity (Wildman–Crippen MR) is 93.6 cm³/mol. The van der Waals surface area contributed by atoms with Gasteiger partial charge in [0.25, 0.3) is 6.01 Å². The normalized spacial score (nSPS) is 11.0. The van der Waals surface area contributed by atoms with Crippen LogP contribution in [0.4, 0.5) is 6.01 Å². The molecule has 0 aliphatic heterocycles. The Balaban J connectivity index is 1.57. The highest BCUT2D eigenvalue weighted by molar-refractivity contribution is 5.74. The third-order valence-electron chi connectivity index (χ3n) is 3.85. The van der Waals surface area contributed by atoms with Crippen molar-refractivity contribution in [1.29, 1.82) is 0 Å². The van der Waals surface area contributed by atoms with Gasteiger partial charge < -0.3 is 14.5 Å². The number of anilines is 1. The summed E-state index contributed by atoms with van der Waals surface area (Å²) < 4.78 is 13.4. The summed E-state index contributed by atoms with van der Waals surface area (Å²) in [5.74, 6) is 1.32. The van der Waals surface area contributed by atoms with E-state index in [1.54, 1.807) is 17.1 Å². The number of benzene rings is 1. The zero-order valence-corrected chi connectivity index (χ0v) is 13.9. The monoisotopic (exact) mass is 335 g/mol. The lowest BCUT2D eigenvalue weighted by Gasteiger charge is -2.08. The van der Waals surface area contributed by atoms with Gasteiger partial charge in [0.2, 0.25) is 5.88 Å². The largest absolute Gasteiger partial charge is 0.437 e. The number of aromatic nitrogens is 4. The molecule has 0 atom stereocenters. The van der Waals surface area contributed by atoms with Gasteiger partial charge in [0.1, 0.15) is 11.3 Å². The Morgan fingerprint density at radius 1 is 1.20 bits per heavy atom. The summed E-state index contributed by atoms with van der Waals surface area (Å²) in [5, 5.41) is 7.65. The number of pyridine rings is 1. The van der Waals surface area contributed by atoms with Gasteiger partial charge in [0.05, 0.1) is 24.0 Å². The molecule has 7 heteroatoms. The van der Waals surface area contributed by atoms with Gasteiger partial charge >= 0.3 is 0 Å². The summed E-state index contributed by atoms with van der Waals surface area (Å²) in [4.78, 5) is 8.49. The lowest BCUT2D eigenvalue weighted by Crippen LogP contribution is -2.03. The van der Waals surface area contributed by atoms with Gasteiger partial charge in [-0.25, -0.2) is 4.68 Å². The second-order valence-corrected chi connectivity index (χ2v) is 5.62. The lowest BCUT2D eigenvalue weighted by molar-refractivity contribution is 0.424. The van der Waals surface area contributed by atoms with Crippen molar-refractivity contribution in [3.05, 3.63) is 60.0 Å². The molecular weight excluding hydrogens is 318 g/mol. The molecule has 3 heterocycles. The van der Waals surface area contributed by atoms with Crippen molar-refractivity contribution in [2.45, 2.75) is 13.5 Å². The van der Waals surface area contributed by atoms with Crippen molar-refractivity contribution in [2.24, 2.45) is 7.05 Å². The molecule has 4 aromatic rings. The fraction of sp³-hybridized carbons (Fsp3) is 0.167. The maximum atomic E-state index is 5.96. The van der Waals surface area contributed by atoms with E-state index in [2.05, 4.69) is 20.4 Å². The fourth-order valence-electron chi connectivity index (χ4n) is 2.64. The smallest absolute Gasteiger partial charge is 0.295 e. The standard InChI is InChI=1S/C18H17N5O2/c1-12-14(11-20-18-21-15-7-3-4-8-16(15)25-18)17(23(2)22-12)24-13-6-5-9-19-10-13/h3-10H,11H2,1-2H3,(H,20,21). The van der Waals surface area contributed by atoms with Crippen molar-refractivity contribution in [2.75, 3.05) is 5.32 Å². The summed E-state index contributed by atoms with van der Waals surface area (Å²) in [6, 6.07) is 11.8. The third-order valence-corrected chi connectivity index (χ3v) is 3.85. The number of hydrogen-bond acceptors (Lipinski definition) is 6. The molecule has 1 aromatic carbocycles. The zero-order valence-electron chi connectivity index (χ0n) is 13.9. The Labute approximate surface area is 144 Å². The number of oxazole rings is 1. The maximum Gasteiger partial charge on any atom is 0.295 e. The molecule has 0 fully saturated rings. The first-order chi connectivity index (χ1) is 12.2. The van der Waals surface area contributed by atoms with Crippen LogP contribution < -0.4 is 10.1 Å². The molecule has 0 bridgehead atoms. The van der Waals surface area contributed by atoms with Crippen LogP contribution in [-0.4, -0.2) is 19.7 Å². The van der Waals surface area contributed by atoms with E-state index >= 15 is 0 Å². The summed E-state index contributed by atoms with van der Waals surface area (Å²) in [7, 11) is 1.85. The predicted octanol–water partition coefficient (Wildman–Crippen LogP) is 3.67. The SMILES string of the molecule is Cc1nn(C)c(Oc2cccnc2)c1CNc1nc2ccccc2o1. The Kier molecular flexibility index (Phi) is 3.81. The molecule has 0 radical (unpaired) electrons. The van der Waals surface area contributed by atoms with Crippen LogP contribution in [0.3, 0.4) is 0 Å². The molecule has 4 rings (SSSR count). The summed E-state index contributed by atoms with van der Waals surface area (Å²) in [6.07, 6.45) is 3.37. The van der Waals surface area contributed by atoms with Crippen LogP contribution in [0.5, 0.6) is 11.6 Å². The number of nitrogens with zero attached hydrogens (tertiary/aromatic N) is 4. The van der Waals surface area contributed by atoms with Crippen LogP contribution in [0.15, 0.2) is 53.2 Å². The second kappa shape index (κ2) is 6.27. The van der Waals surface area contributed by atoms with Gasteiger partial charge in [-0.3, -0.25) is 4.98 Å². The van der Waals surface area contributed by atoms with Crippen LogP contribution in [0.25, 0.3) is 11.1 Å². The molecular formula is C18H17N5O2. The Morgan fingerprint density at radius 3 is 2.88 bits per heavy atom. The number of hydrogen-bond donors (Lipinski definition) is 1. The molecule has 3 aromatic heterocycles. The zero-order chi connectivity index (χ0) is 17.2. The van der Waals surface area contributed by atoms with Crippen LogP contribution in [0.1, 0.15) is 11.3 Å². The number of aryl methyl sites for hydroxylation is 2. The van der Waals surface area contributed by atoms with Gasteiger partial charge in [0.15, 0.2) is 5.58 Å². The van der Waals surface area contributed by atoms with E-state index < -0.39 is 0 Å². The number of fused-ring (bicyclic) bond motifs is 1. The highest BCUT2D eigenvalue weighted by Gasteiger charge is 2.16. The van der Waals surface area contributed by atoms with Crippen molar-refractivity contribution >= 4 is 17.1 Å². The molecule has 1 N–H and O–H groups in total. The summed E-state index contributed by atoms with van der Waals surface area (Å²) in [5.41, 5.74) is 3.39. The van der Waals surface area contributed by atoms with E-state index in [-0.39, 0.29) is 0 Å². The highest BCUT2D eigenvalue weighted by atomic mass is 16.5. The first-order valence-corrected chi connectivity index (χ1v) is 7.90. The van der Waals surface area contributed by atoms with Gasteiger partial charge in [-0.05, 0) is 31.2 Å². The molecule has 126 valence electrons. The van der Waals surface area contributed by atoms with Crippen LogP contribution in [0, 0.1) is 6.92 Å². The Hall–Kier alpha value is -3.35. The quantitative estimate of drug-likeness (QED) is 0.599. The molecule has 0 aliphatic rings. The minimum absolute atomic E-state index is 0.469. The van der Waals surface area contributed by atoms with Crippen molar-refractivity contribution < 1.29 is 9.15 Å². The van der Waals surface area contributed by atoms with Gasteiger partial charge in [-0.2, -0.15) is 10.1 Å². The minimum Gasteiger partial charge on any atom is -0.437 e. The molecule has 0 saturated carbocycles. The fourth-order valence-corrected chi connectivity index (χ4v) is 2.64. The maximum absolute atomic E-state index is 5.96. The Bertz CT molecular complexity index is 974. The van der Waals surface area contributed by atoms with Crippen LogP contribution in [0.2, 0.25) is 0 Å². The van der Waals surface area contributed by atoms with Gasteiger partial charge in [-0.15, -0.1) is 0 Å². The first-order valence-electron chi connectivity index (χ1n) is 7.90. The number of rotatable bonds is 5.